The molecule has 2 atom stereocenters. The molecule has 2 unspecified atom stereocenters. The molecule has 5 nitrogen and oxygen atoms in total. The molecule has 0 spiro atoms. The maximum Gasteiger partial charge on any atom is 0.410 e. The Kier molecular flexibility index (Phi) is 4.68. The Balaban J connectivity index is 2.01. The SMILES string of the molecule is CC(C)(C)OC(=O)N1CCC(C2CCOCC2)C1C=O. The van der Waals surface area contributed by atoms with E-state index in [1.165, 1.54) is 0 Å². The highest BCUT2D eigenvalue weighted by atomic mass is 16.6. The summed E-state index contributed by atoms with van der Waals surface area (Å²) in [6, 6.07) is -0.340. The fourth-order valence-electron chi connectivity index (χ4n) is 3.21. The molecule has 0 aliphatic carbocycles. The van der Waals surface area contributed by atoms with Crippen molar-refractivity contribution >= 4 is 12.4 Å². The van der Waals surface area contributed by atoms with Gasteiger partial charge in [-0.3, -0.25) is 4.90 Å². The van der Waals surface area contributed by atoms with Crippen LogP contribution in [0.3, 0.4) is 0 Å². The summed E-state index contributed by atoms with van der Waals surface area (Å²) in [5, 5.41) is 0. The summed E-state index contributed by atoms with van der Waals surface area (Å²) in [6.07, 6.45) is 3.39. The van der Waals surface area contributed by atoms with E-state index in [2.05, 4.69) is 0 Å². The summed E-state index contributed by atoms with van der Waals surface area (Å²) in [5.74, 6) is 0.732. The van der Waals surface area contributed by atoms with Gasteiger partial charge in [0.15, 0.2) is 0 Å². The van der Waals surface area contributed by atoms with Gasteiger partial charge in [0.1, 0.15) is 11.9 Å². The van der Waals surface area contributed by atoms with Crippen LogP contribution in [0.4, 0.5) is 4.79 Å². The van der Waals surface area contributed by atoms with E-state index in [4.69, 9.17) is 9.47 Å². The van der Waals surface area contributed by atoms with Crippen molar-refractivity contribution in [3.05, 3.63) is 0 Å². The first-order valence-electron chi connectivity index (χ1n) is 7.45. The lowest BCUT2D eigenvalue weighted by molar-refractivity contribution is -0.113. The molecule has 2 saturated heterocycles. The summed E-state index contributed by atoms with van der Waals surface area (Å²) < 4.78 is 10.8. The molecule has 5 heteroatoms. The van der Waals surface area contributed by atoms with E-state index in [0.717, 1.165) is 38.8 Å². The minimum absolute atomic E-state index is 0.254. The van der Waals surface area contributed by atoms with Crippen molar-refractivity contribution in [2.45, 2.75) is 51.7 Å². The molecular formula is C15H25NO4. The third kappa shape index (κ3) is 3.51. The molecular weight excluding hydrogens is 258 g/mol. The van der Waals surface area contributed by atoms with Crippen LogP contribution in [0.5, 0.6) is 0 Å². The first-order chi connectivity index (χ1) is 9.42. The van der Waals surface area contributed by atoms with Crippen molar-refractivity contribution in [2.24, 2.45) is 11.8 Å². The zero-order chi connectivity index (χ0) is 14.8. The van der Waals surface area contributed by atoms with Gasteiger partial charge in [-0.1, -0.05) is 0 Å². The van der Waals surface area contributed by atoms with E-state index in [-0.39, 0.29) is 18.1 Å². The molecule has 0 aromatic heterocycles. The zero-order valence-corrected chi connectivity index (χ0v) is 12.6. The molecule has 20 heavy (non-hydrogen) atoms. The summed E-state index contributed by atoms with van der Waals surface area (Å²) in [6.45, 7) is 7.66. The molecule has 0 radical (unpaired) electrons. The second-order valence-electron chi connectivity index (χ2n) is 6.70. The first kappa shape index (κ1) is 15.3. The number of amides is 1. The lowest BCUT2D eigenvalue weighted by Crippen LogP contribution is -2.43. The number of ether oxygens (including phenoxy) is 2. The number of rotatable bonds is 2. The molecule has 2 fully saturated rings. The van der Waals surface area contributed by atoms with Gasteiger partial charge in [0, 0.05) is 19.8 Å². The van der Waals surface area contributed by atoms with Gasteiger partial charge in [0.25, 0.3) is 0 Å². The number of aldehydes is 1. The van der Waals surface area contributed by atoms with Crippen molar-refractivity contribution in [3.8, 4) is 0 Å². The molecule has 1 amide bonds. The molecule has 0 saturated carbocycles. The quantitative estimate of drug-likeness (QED) is 0.729. The summed E-state index contributed by atoms with van der Waals surface area (Å²) >= 11 is 0. The second-order valence-corrected chi connectivity index (χ2v) is 6.70. The molecule has 0 N–H and O–H groups in total. The maximum absolute atomic E-state index is 12.2. The maximum atomic E-state index is 12.2. The van der Waals surface area contributed by atoms with E-state index < -0.39 is 5.60 Å². The van der Waals surface area contributed by atoms with Crippen LogP contribution in [0.2, 0.25) is 0 Å². The van der Waals surface area contributed by atoms with Gasteiger partial charge in [0.05, 0.1) is 6.04 Å². The Labute approximate surface area is 120 Å². The highest BCUT2D eigenvalue weighted by Gasteiger charge is 2.42. The highest BCUT2D eigenvalue weighted by Crippen LogP contribution is 2.35. The van der Waals surface area contributed by atoms with E-state index >= 15 is 0 Å². The molecule has 2 rings (SSSR count). The fourth-order valence-corrected chi connectivity index (χ4v) is 3.21. The Morgan fingerprint density at radius 1 is 1.25 bits per heavy atom. The Morgan fingerprint density at radius 3 is 2.45 bits per heavy atom. The number of hydrogen-bond donors (Lipinski definition) is 0. The number of hydrogen-bond acceptors (Lipinski definition) is 4. The average molecular weight is 283 g/mol. The van der Waals surface area contributed by atoms with Gasteiger partial charge in [0.2, 0.25) is 0 Å². The van der Waals surface area contributed by atoms with Crippen LogP contribution in [0, 0.1) is 11.8 Å². The predicted molar refractivity (Wildman–Crippen MR) is 74.4 cm³/mol. The van der Waals surface area contributed by atoms with Crippen LogP contribution in [-0.4, -0.2) is 48.7 Å². The Hall–Kier alpha value is -1.10. The first-order valence-corrected chi connectivity index (χ1v) is 7.45. The summed E-state index contributed by atoms with van der Waals surface area (Å²) in [4.78, 5) is 25.2. The lowest BCUT2D eigenvalue weighted by Gasteiger charge is -2.32. The Morgan fingerprint density at radius 2 is 1.90 bits per heavy atom. The van der Waals surface area contributed by atoms with Crippen LogP contribution in [0.1, 0.15) is 40.0 Å². The second kappa shape index (κ2) is 6.12. The van der Waals surface area contributed by atoms with Crippen LogP contribution in [-0.2, 0) is 14.3 Å². The number of carbonyl (C=O) groups is 2. The Bertz CT molecular complexity index is 357. The summed E-state index contributed by atoms with van der Waals surface area (Å²) in [5.41, 5.74) is -0.527. The topological polar surface area (TPSA) is 55.8 Å². The van der Waals surface area contributed by atoms with Crippen LogP contribution in [0.25, 0.3) is 0 Å². The zero-order valence-electron chi connectivity index (χ0n) is 12.6. The largest absolute Gasteiger partial charge is 0.444 e. The van der Waals surface area contributed by atoms with Crippen LogP contribution < -0.4 is 0 Å². The van der Waals surface area contributed by atoms with Gasteiger partial charge >= 0.3 is 6.09 Å². The molecule has 0 aromatic rings. The smallest absolute Gasteiger partial charge is 0.410 e. The van der Waals surface area contributed by atoms with Crippen molar-refractivity contribution < 1.29 is 19.1 Å². The van der Waals surface area contributed by atoms with Gasteiger partial charge in [-0.2, -0.15) is 0 Å². The summed E-state index contributed by atoms with van der Waals surface area (Å²) in [7, 11) is 0. The van der Waals surface area contributed by atoms with E-state index in [1.807, 2.05) is 20.8 Å². The minimum atomic E-state index is -0.527. The van der Waals surface area contributed by atoms with Crippen molar-refractivity contribution in [1.82, 2.24) is 4.90 Å². The lowest BCUT2D eigenvalue weighted by atomic mass is 9.81. The monoisotopic (exact) mass is 283 g/mol. The van der Waals surface area contributed by atoms with Gasteiger partial charge in [-0.15, -0.1) is 0 Å². The molecule has 114 valence electrons. The van der Waals surface area contributed by atoms with Crippen LogP contribution in [0.15, 0.2) is 0 Å². The van der Waals surface area contributed by atoms with Crippen LogP contribution >= 0.6 is 0 Å². The van der Waals surface area contributed by atoms with E-state index in [1.54, 1.807) is 4.90 Å². The van der Waals surface area contributed by atoms with E-state index in [0.29, 0.717) is 12.5 Å². The molecule has 2 heterocycles. The fraction of sp³-hybridized carbons (Fsp3) is 0.867. The third-order valence-electron chi connectivity index (χ3n) is 4.14. The van der Waals surface area contributed by atoms with Crippen molar-refractivity contribution in [1.29, 1.82) is 0 Å². The standard InChI is InChI=1S/C15H25NO4/c1-15(2,3)20-14(18)16-7-4-12(13(16)10-17)11-5-8-19-9-6-11/h10-13H,4-9H2,1-3H3. The molecule has 2 aliphatic heterocycles. The molecule has 2 aliphatic rings. The predicted octanol–water partition coefficient (Wildman–Crippen LogP) is 2.24. The minimum Gasteiger partial charge on any atom is -0.444 e. The van der Waals surface area contributed by atoms with Gasteiger partial charge in [-0.05, 0) is 51.9 Å². The molecule has 0 aromatic carbocycles. The van der Waals surface area contributed by atoms with Gasteiger partial charge in [-0.25, -0.2) is 4.79 Å². The van der Waals surface area contributed by atoms with Gasteiger partial charge < -0.3 is 14.3 Å². The highest BCUT2D eigenvalue weighted by molar-refractivity contribution is 5.74. The van der Waals surface area contributed by atoms with E-state index in [9.17, 15) is 9.59 Å². The van der Waals surface area contributed by atoms with Crippen molar-refractivity contribution in [2.75, 3.05) is 19.8 Å². The molecule has 0 bridgehead atoms. The number of likely N-dealkylation sites (tertiary alicyclic amines) is 1. The number of carbonyl (C=O) groups excluding carboxylic acids is 2. The number of nitrogens with zero attached hydrogens (tertiary/aromatic N) is 1. The average Bonchev–Trinajstić information content (AvgIpc) is 2.81. The third-order valence-corrected chi connectivity index (χ3v) is 4.14. The normalized spacial score (nSPS) is 28.4. The van der Waals surface area contributed by atoms with Crippen molar-refractivity contribution in [3.63, 3.8) is 0 Å².